The summed E-state index contributed by atoms with van der Waals surface area (Å²) in [5.41, 5.74) is 6.21. The van der Waals surface area contributed by atoms with E-state index in [9.17, 15) is 0 Å². The number of nitrogens with zero attached hydrogens (tertiary/aromatic N) is 4. The second-order valence-corrected chi connectivity index (χ2v) is 4.76. The third kappa shape index (κ3) is 3.17. The van der Waals surface area contributed by atoms with Crippen molar-refractivity contribution in [3.8, 4) is 0 Å². The number of ether oxygens (including phenoxy) is 2. The van der Waals surface area contributed by atoms with Crippen LogP contribution in [0.1, 0.15) is 19.3 Å². The Bertz CT molecular complexity index is 479. The van der Waals surface area contributed by atoms with Crippen LogP contribution in [-0.4, -0.2) is 43.4 Å². The molecule has 2 heterocycles. The highest BCUT2D eigenvalue weighted by molar-refractivity contribution is 6.28. The second-order valence-electron chi connectivity index (χ2n) is 4.42. The van der Waals surface area contributed by atoms with E-state index in [1.807, 2.05) is 4.90 Å². The minimum atomic E-state index is -0.144. The average molecular weight is 300 g/mol. The maximum atomic E-state index is 5.89. The van der Waals surface area contributed by atoms with Gasteiger partial charge in [-0.1, -0.05) is 0 Å². The SMILES string of the molecule is C=Nc1c(N)nc(Cl)nc1N(COC)C1CCCCO1. The van der Waals surface area contributed by atoms with Crippen molar-refractivity contribution in [2.24, 2.45) is 4.99 Å². The third-order valence-electron chi connectivity index (χ3n) is 3.07. The molecule has 0 amide bonds. The van der Waals surface area contributed by atoms with Crippen molar-refractivity contribution in [3.05, 3.63) is 5.28 Å². The summed E-state index contributed by atoms with van der Waals surface area (Å²) in [4.78, 5) is 13.8. The summed E-state index contributed by atoms with van der Waals surface area (Å²) in [6.07, 6.45) is 2.86. The van der Waals surface area contributed by atoms with Gasteiger partial charge in [-0.2, -0.15) is 9.97 Å². The van der Waals surface area contributed by atoms with E-state index in [2.05, 4.69) is 21.7 Å². The number of aromatic nitrogens is 2. The highest BCUT2D eigenvalue weighted by atomic mass is 35.5. The molecule has 20 heavy (non-hydrogen) atoms. The Morgan fingerprint density at radius 2 is 2.35 bits per heavy atom. The highest BCUT2D eigenvalue weighted by Crippen LogP contribution is 2.34. The minimum absolute atomic E-state index is 0.0572. The van der Waals surface area contributed by atoms with E-state index in [1.54, 1.807) is 7.11 Å². The van der Waals surface area contributed by atoms with E-state index in [0.29, 0.717) is 24.8 Å². The van der Waals surface area contributed by atoms with Crippen LogP contribution < -0.4 is 10.6 Å². The lowest BCUT2D eigenvalue weighted by atomic mass is 10.1. The molecule has 1 aromatic heterocycles. The van der Waals surface area contributed by atoms with Gasteiger partial charge < -0.3 is 20.1 Å². The predicted molar refractivity (Wildman–Crippen MR) is 78.6 cm³/mol. The molecule has 1 unspecified atom stereocenters. The Morgan fingerprint density at radius 3 is 2.95 bits per heavy atom. The van der Waals surface area contributed by atoms with E-state index in [0.717, 1.165) is 19.3 Å². The van der Waals surface area contributed by atoms with Crippen LogP contribution in [0.15, 0.2) is 4.99 Å². The molecule has 1 aromatic rings. The van der Waals surface area contributed by atoms with Crippen molar-refractivity contribution in [2.75, 3.05) is 31.1 Å². The lowest BCUT2D eigenvalue weighted by Crippen LogP contribution is -2.41. The van der Waals surface area contributed by atoms with E-state index < -0.39 is 0 Å². The van der Waals surface area contributed by atoms with Crippen molar-refractivity contribution in [3.63, 3.8) is 0 Å². The van der Waals surface area contributed by atoms with Crippen molar-refractivity contribution in [2.45, 2.75) is 25.5 Å². The number of nitrogen functional groups attached to an aromatic ring is 1. The normalized spacial score (nSPS) is 18.8. The number of aliphatic imine (C=N–C) groups is 1. The van der Waals surface area contributed by atoms with Crippen LogP contribution >= 0.6 is 11.6 Å². The van der Waals surface area contributed by atoms with Gasteiger partial charge in [-0.25, -0.2) is 0 Å². The zero-order chi connectivity index (χ0) is 14.5. The maximum absolute atomic E-state index is 5.89. The van der Waals surface area contributed by atoms with Crippen molar-refractivity contribution in [1.29, 1.82) is 0 Å². The van der Waals surface area contributed by atoms with Gasteiger partial charge in [0.15, 0.2) is 11.6 Å². The molecule has 2 rings (SSSR count). The van der Waals surface area contributed by atoms with Gasteiger partial charge in [-0.3, -0.25) is 4.99 Å². The van der Waals surface area contributed by atoms with E-state index in [4.69, 9.17) is 26.8 Å². The predicted octanol–water partition coefficient (Wildman–Crippen LogP) is 1.98. The van der Waals surface area contributed by atoms with Crippen LogP contribution in [0.2, 0.25) is 5.28 Å². The minimum Gasteiger partial charge on any atom is -0.382 e. The lowest BCUT2D eigenvalue weighted by molar-refractivity contribution is -0.000429. The van der Waals surface area contributed by atoms with Crippen molar-refractivity contribution >= 4 is 35.6 Å². The molecule has 0 radical (unpaired) electrons. The van der Waals surface area contributed by atoms with Crippen LogP contribution in [0.25, 0.3) is 0 Å². The molecule has 0 saturated carbocycles. The molecule has 110 valence electrons. The van der Waals surface area contributed by atoms with Crippen LogP contribution in [0.3, 0.4) is 0 Å². The zero-order valence-corrected chi connectivity index (χ0v) is 12.1. The molecule has 1 saturated heterocycles. The molecular weight excluding hydrogens is 282 g/mol. The summed E-state index contributed by atoms with van der Waals surface area (Å²) in [5, 5.41) is 0.0572. The molecule has 8 heteroatoms. The molecule has 0 spiro atoms. The highest BCUT2D eigenvalue weighted by Gasteiger charge is 2.26. The van der Waals surface area contributed by atoms with Crippen molar-refractivity contribution < 1.29 is 9.47 Å². The van der Waals surface area contributed by atoms with Gasteiger partial charge in [0.25, 0.3) is 0 Å². The maximum Gasteiger partial charge on any atom is 0.226 e. The summed E-state index contributed by atoms with van der Waals surface area (Å²) in [7, 11) is 1.60. The summed E-state index contributed by atoms with van der Waals surface area (Å²) in [6, 6.07) is 0. The van der Waals surface area contributed by atoms with Gasteiger partial charge in [0.2, 0.25) is 5.28 Å². The first kappa shape index (κ1) is 15.0. The Hall–Kier alpha value is -1.44. The van der Waals surface area contributed by atoms with Crippen LogP contribution in [0.5, 0.6) is 0 Å². The number of rotatable bonds is 5. The largest absolute Gasteiger partial charge is 0.382 e. The fourth-order valence-electron chi connectivity index (χ4n) is 2.17. The number of halogens is 1. The van der Waals surface area contributed by atoms with Gasteiger partial charge >= 0.3 is 0 Å². The number of methoxy groups -OCH3 is 1. The van der Waals surface area contributed by atoms with E-state index in [-0.39, 0.29) is 17.3 Å². The molecule has 0 aliphatic carbocycles. The van der Waals surface area contributed by atoms with Crippen LogP contribution in [0, 0.1) is 0 Å². The fraction of sp³-hybridized carbons (Fsp3) is 0.583. The van der Waals surface area contributed by atoms with Crippen molar-refractivity contribution in [1.82, 2.24) is 9.97 Å². The topological polar surface area (TPSA) is 85.9 Å². The monoisotopic (exact) mass is 299 g/mol. The molecule has 1 atom stereocenters. The molecule has 1 fully saturated rings. The standard InChI is InChI=1S/C12H18ClN5O2/c1-15-9-10(14)16-12(13)17-11(9)18(7-19-2)8-5-3-4-6-20-8/h8H,1,3-7H2,2H3,(H2,14,16,17). The third-order valence-corrected chi connectivity index (χ3v) is 3.24. The first-order valence-electron chi connectivity index (χ1n) is 6.34. The van der Waals surface area contributed by atoms with Gasteiger partial charge in [-0.15, -0.1) is 0 Å². The number of hydrogen-bond donors (Lipinski definition) is 1. The smallest absolute Gasteiger partial charge is 0.226 e. The van der Waals surface area contributed by atoms with E-state index in [1.165, 1.54) is 0 Å². The summed E-state index contributed by atoms with van der Waals surface area (Å²) in [5.74, 6) is 0.665. The Labute approximate surface area is 122 Å². The van der Waals surface area contributed by atoms with Crippen LogP contribution in [-0.2, 0) is 9.47 Å². The Kier molecular flexibility index (Phi) is 5.11. The molecule has 2 N–H and O–H groups in total. The number of hydrogen-bond acceptors (Lipinski definition) is 7. The van der Waals surface area contributed by atoms with Gasteiger partial charge in [-0.05, 0) is 37.6 Å². The van der Waals surface area contributed by atoms with E-state index >= 15 is 0 Å². The number of nitrogens with two attached hydrogens (primary N) is 1. The summed E-state index contributed by atoms with van der Waals surface area (Å²) >= 11 is 5.89. The molecule has 7 nitrogen and oxygen atoms in total. The Balaban J connectivity index is 2.39. The van der Waals surface area contributed by atoms with Gasteiger partial charge in [0.05, 0.1) is 0 Å². The molecule has 0 bridgehead atoms. The van der Waals surface area contributed by atoms with Gasteiger partial charge in [0, 0.05) is 13.7 Å². The molecule has 1 aliphatic heterocycles. The molecule has 0 aromatic carbocycles. The first-order chi connectivity index (χ1) is 9.67. The molecular formula is C12H18ClN5O2. The average Bonchev–Trinajstić information content (AvgIpc) is 2.45. The summed E-state index contributed by atoms with van der Waals surface area (Å²) in [6.45, 7) is 4.50. The molecule has 1 aliphatic rings. The zero-order valence-electron chi connectivity index (χ0n) is 11.4. The Morgan fingerprint density at radius 1 is 1.55 bits per heavy atom. The van der Waals surface area contributed by atoms with Gasteiger partial charge in [0.1, 0.15) is 18.6 Å². The fourth-order valence-corrected chi connectivity index (χ4v) is 2.34. The quantitative estimate of drug-likeness (QED) is 0.508. The second kappa shape index (κ2) is 6.83. The van der Waals surface area contributed by atoms with Crippen LogP contribution in [0.4, 0.5) is 17.3 Å². The summed E-state index contributed by atoms with van der Waals surface area (Å²) < 4.78 is 11.0. The number of anilines is 2. The lowest BCUT2D eigenvalue weighted by Gasteiger charge is -2.34. The first-order valence-corrected chi connectivity index (χ1v) is 6.72.